The second-order valence-corrected chi connectivity index (χ2v) is 4.68. The van der Waals surface area contributed by atoms with Crippen LogP contribution in [0.1, 0.15) is 38.8 Å². The molecule has 1 rings (SSSR count). The van der Waals surface area contributed by atoms with Crippen molar-refractivity contribution in [3.8, 4) is 0 Å². The fraction of sp³-hybridized carbons (Fsp3) is 0.417. The van der Waals surface area contributed by atoms with Crippen molar-refractivity contribution in [1.82, 2.24) is 4.98 Å². The van der Waals surface area contributed by atoms with E-state index < -0.39 is 0 Å². The van der Waals surface area contributed by atoms with Crippen molar-refractivity contribution in [2.75, 3.05) is 5.73 Å². The predicted octanol–water partition coefficient (Wildman–Crippen LogP) is 2.99. The molecule has 0 saturated carbocycles. The van der Waals surface area contributed by atoms with Crippen LogP contribution < -0.4 is 5.73 Å². The minimum absolute atomic E-state index is 0.0303. The van der Waals surface area contributed by atoms with E-state index in [-0.39, 0.29) is 5.41 Å². The maximum atomic E-state index is 6.07. The fourth-order valence-electron chi connectivity index (χ4n) is 1.41. The van der Waals surface area contributed by atoms with Gasteiger partial charge in [0.2, 0.25) is 0 Å². The molecule has 0 aromatic carbocycles. The lowest BCUT2D eigenvalue weighted by atomic mass is 9.85. The SMILES string of the molecule is C=C(C)c1cncc(C(C)(C)C)c1N. The Morgan fingerprint density at radius 2 is 1.93 bits per heavy atom. The quantitative estimate of drug-likeness (QED) is 0.739. The summed E-state index contributed by atoms with van der Waals surface area (Å²) in [6, 6.07) is 0. The van der Waals surface area contributed by atoms with Gasteiger partial charge in [0.05, 0.1) is 0 Å². The van der Waals surface area contributed by atoms with Crippen LogP contribution in [0.4, 0.5) is 5.69 Å². The molecule has 0 bridgehead atoms. The lowest BCUT2D eigenvalue weighted by molar-refractivity contribution is 0.589. The fourth-order valence-corrected chi connectivity index (χ4v) is 1.41. The van der Waals surface area contributed by atoms with Crippen molar-refractivity contribution >= 4 is 11.3 Å². The van der Waals surface area contributed by atoms with E-state index in [1.165, 1.54) is 0 Å². The van der Waals surface area contributed by atoms with Crippen LogP contribution in [-0.4, -0.2) is 4.98 Å². The average molecular weight is 190 g/mol. The standard InChI is InChI=1S/C12H18N2/c1-8(2)9-6-14-7-10(11(9)13)12(3,4)5/h6-7H,1H2,2-5H3,(H2,13,14). The van der Waals surface area contributed by atoms with E-state index in [0.29, 0.717) is 0 Å². The molecule has 2 heteroatoms. The molecule has 1 aromatic heterocycles. The molecule has 2 nitrogen and oxygen atoms in total. The minimum Gasteiger partial charge on any atom is -0.398 e. The predicted molar refractivity (Wildman–Crippen MR) is 62.1 cm³/mol. The molecule has 0 spiro atoms. The van der Waals surface area contributed by atoms with Crippen LogP contribution in [0.2, 0.25) is 0 Å². The van der Waals surface area contributed by atoms with Crippen LogP contribution in [0.5, 0.6) is 0 Å². The number of pyridine rings is 1. The topological polar surface area (TPSA) is 38.9 Å². The van der Waals surface area contributed by atoms with E-state index in [0.717, 1.165) is 22.4 Å². The molecule has 0 fully saturated rings. The van der Waals surface area contributed by atoms with E-state index in [9.17, 15) is 0 Å². The summed E-state index contributed by atoms with van der Waals surface area (Å²) in [5.74, 6) is 0. The van der Waals surface area contributed by atoms with Gasteiger partial charge in [-0.3, -0.25) is 4.98 Å². The average Bonchev–Trinajstić information content (AvgIpc) is 2.01. The number of hydrogen-bond donors (Lipinski definition) is 1. The summed E-state index contributed by atoms with van der Waals surface area (Å²) >= 11 is 0. The van der Waals surface area contributed by atoms with Gasteiger partial charge in [-0.2, -0.15) is 0 Å². The van der Waals surface area contributed by atoms with Crippen molar-refractivity contribution in [3.63, 3.8) is 0 Å². The molecule has 0 aliphatic heterocycles. The van der Waals surface area contributed by atoms with Gasteiger partial charge in [-0.1, -0.05) is 27.4 Å². The van der Waals surface area contributed by atoms with Crippen LogP contribution in [0.3, 0.4) is 0 Å². The van der Waals surface area contributed by atoms with E-state index >= 15 is 0 Å². The highest BCUT2D eigenvalue weighted by molar-refractivity contribution is 5.74. The molecular formula is C12H18N2. The molecule has 0 atom stereocenters. The Balaban J connectivity index is 3.35. The van der Waals surface area contributed by atoms with Crippen molar-refractivity contribution < 1.29 is 0 Å². The van der Waals surface area contributed by atoms with Gasteiger partial charge < -0.3 is 5.73 Å². The van der Waals surface area contributed by atoms with Crippen molar-refractivity contribution in [2.45, 2.75) is 33.1 Å². The normalized spacial score (nSPS) is 11.4. The van der Waals surface area contributed by atoms with Crippen LogP contribution in [0, 0.1) is 0 Å². The molecule has 0 radical (unpaired) electrons. The van der Waals surface area contributed by atoms with E-state index in [2.05, 4.69) is 32.3 Å². The Morgan fingerprint density at radius 3 is 2.36 bits per heavy atom. The molecule has 0 amide bonds. The second kappa shape index (κ2) is 3.45. The Labute approximate surface area is 85.9 Å². The van der Waals surface area contributed by atoms with Gasteiger partial charge in [-0.15, -0.1) is 0 Å². The lowest BCUT2D eigenvalue weighted by Gasteiger charge is -2.22. The molecule has 1 aromatic rings. The van der Waals surface area contributed by atoms with E-state index in [1.54, 1.807) is 6.20 Å². The maximum absolute atomic E-state index is 6.07. The summed E-state index contributed by atoms with van der Waals surface area (Å²) in [5, 5.41) is 0. The third kappa shape index (κ3) is 1.95. The highest BCUT2D eigenvalue weighted by Crippen LogP contribution is 2.31. The molecule has 2 N–H and O–H groups in total. The zero-order valence-electron chi connectivity index (χ0n) is 9.39. The Morgan fingerprint density at radius 1 is 1.36 bits per heavy atom. The largest absolute Gasteiger partial charge is 0.398 e. The molecule has 0 saturated heterocycles. The second-order valence-electron chi connectivity index (χ2n) is 4.68. The number of hydrogen-bond acceptors (Lipinski definition) is 2. The van der Waals surface area contributed by atoms with Gasteiger partial charge in [0.1, 0.15) is 0 Å². The molecule has 0 aliphatic carbocycles. The van der Waals surface area contributed by atoms with Gasteiger partial charge in [0.25, 0.3) is 0 Å². The molecule has 76 valence electrons. The highest BCUT2D eigenvalue weighted by atomic mass is 14.7. The van der Waals surface area contributed by atoms with Gasteiger partial charge in [-0.25, -0.2) is 0 Å². The summed E-state index contributed by atoms with van der Waals surface area (Å²) in [6.07, 6.45) is 3.61. The number of anilines is 1. The first-order valence-corrected chi connectivity index (χ1v) is 4.74. The van der Waals surface area contributed by atoms with Crippen LogP contribution in [0.15, 0.2) is 19.0 Å². The number of nitrogens with zero attached hydrogens (tertiary/aromatic N) is 1. The Hall–Kier alpha value is -1.31. The number of allylic oxidation sites excluding steroid dienone is 1. The summed E-state index contributed by atoms with van der Waals surface area (Å²) in [6.45, 7) is 12.2. The van der Waals surface area contributed by atoms with Gasteiger partial charge in [-0.05, 0) is 23.5 Å². The Bertz CT molecular complexity index is 359. The van der Waals surface area contributed by atoms with Crippen LogP contribution in [0.25, 0.3) is 5.57 Å². The number of aromatic nitrogens is 1. The van der Waals surface area contributed by atoms with Gasteiger partial charge in [0, 0.05) is 23.6 Å². The molecule has 0 aliphatic rings. The van der Waals surface area contributed by atoms with E-state index in [4.69, 9.17) is 5.73 Å². The van der Waals surface area contributed by atoms with Crippen molar-refractivity contribution in [2.24, 2.45) is 0 Å². The minimum atomic E-state index is 0.0303. The molecule has 14 heavy (non-hydrogen) atoms. The number of nitrogens with two attached hydrogens (primary N) is 1. The van der Waals surface area contributed by atoms with Gasteiger partial charge >= 0.3 is 0 Å². The first-order chi connectivity index (χ1) is 6.34. The van der Waals surface area contributed by atoms with Crippen molar-refractivity contribution in [3.05, 3.63) is 30.1 Å². The first kappa shape index (κ1) is 10.8. The highest BCUT2D eigenvalue weighted by Gasteiger charge is 2.18. The summed E-state index contributed by atoms with van der Waals surface area (Å²) in [4.78, 5) is 4.19. The van der Waals surface area contributed by atoms with E-state index in [1.807, 2.05) is 13.1 Å². The Kier molecular flexibility index (Phi) is 2.65. The zero-order chi connectivity index (χ0) is 10.9. The van der Waals surface area contributed by atoms with Crippen LogP contribution in [-0.2, 0) is 5.41 Å². The summed E-state index contributed by atoms with van der Waals surface area (Å²) in [7, 11) is 0. The number of nitrogen functional groups attached to an aromatic ring is 1. The summed E-state index contributed by atoms with van der Waals surface area (Å²) in [5.41, 5.74) is 9.90. The zero-order valence-corrected chi connectivity index (χ0v) is 9.39. The monoisotopic (exact) mass is 190 g/mol. The molecule has 0 unspecified atom stereocenters. The van der Waals surface area contributed by atoms with Crippen molar-refractivity contribution in [1.29, 1.82) is 0 Å². The smallest absolute Gasteiger partial charge is 0.0459 e. The number of rotatable bonds is 1. The summed E-state index contributed by atoms with van der Waals surface area (Å²) < 4.78 is 0. The van der Waals surface area contributed by atoms with Crippen LogP contribution >= 0.6 is 0 Å². The third-order valence-electron chi connectivity index (χ3n) is 2.26. The van der Waals surface area contributed by atoms with Gasteiger partial charge in [0.15, 0.2) is 0 Å². The lowest BCUT2D eigenvalue weighted by Crippen LogP contribution is -2.15. The molecular weight excluding hydrogens is 172 g/mol. The first-order valence-electron chi connectivity index (χ1n) is 4.74. The molecule has 1 heterocycles. The third-order valence-corrected chi connectivity index (χ3v) is 2.26. The maximum Gasteiger partial charge on any atom is 0.0459 e.